The Labute approximate surface area is 331 Å². The summed E-state index contributed by atoms with van der Waals surface area (Å²) in [4.78, 5) is 15.4. The number of allylic oxidation sites excluding steroid dienone is 10. The van der Waals surface area contributed by atoms with E-state index in [4.69, 9.17) is 19.4 Å². The van der Waals surface area contributed by atoms with E-state index in [9.17, 15) is 0 Å². The molecule has 3 aliphatic carbocycles. The Morgan fingerprint density at radius 1 is 0.561 bits per heavy atom. The second kappa shape index (κ2) is 13.0. The molecule has 4 heteroatoms. The fourth-order valence-corrected chi connectivity index (χ4v) is 9.52. The van der Waals surface area contributed by atoms with Crippen LogP contribution in [-0.4, -0.2) is 15.0 Å². The predicted molar refractivity (Wildman–Crippen MR) is 232 cm³/mol. The molecule has 0 bridgehead atoms. The molecule has 0 saturated heterocycles. The maximum atomic E-state index is 6.47. The molecule has 1 unspecified atom stereocenters. The molecule has 0 aliphatic heterocycles. The highest BCUT2D eigenvalue weighted by atomic mass is 16.3. The Morgan fingerprint density at radius 2 is 1.16 bits per heavy atom. The molecule has 1 atom stereocenters. The molecule has 6 aromatic carbocycles. The van der Waals surface area contributed by atoms with Gasteiger partial charge in [0.2, 0.25) is 0 Å². The second-order valence-corrected chi connectivity index (χ2v) is 15.0. The highest BCUT2D eigenvalue weighted by Crippen LogP contribution is 2.65. The van der Waals surface area contributed by atoms with Crippen LogP contribution in [0.5, 0.6) is 0 Å². The van der Waals surface area contributed by atoms with Crippen LogP contribution in [0.2, 0.25) is 0 Å². The topological polar surface area (TPSA) is 51.8 Å². The molecule has 0 N–H and O–H groups in total. The number of benzene rings is 6. The van der Waals surface area contributed by atoms with Crippen LogP contribution < -0.4 is 0 Å². The maximum Gasteiger partial charge on any atom is 0.167 e. The molecule has 0 saturated carbocycles. The lowest BCUT2D eigenvalue weighted by Crippen LogP contribution is -2.28. The van der Waals surface area contributed by atoms with Gasteiger partial charge in [-0.1, -0.05) is 177 Å². The maximum absolute atomic E-state index is 6.47. The standard InChI is InChI=1S/C53H37N3O/c1-3-4-19-41-39-22-10-14-28-46(39)53(44-26-12-8-20-37(44)38-21-9-13-27-45(38)53)48(41)36-31-30-35(32-33(36)2)51-54-50(34-17-6-5-7-18-34)55-52(56-51)43-25-16-24-42-40-23-11-15-29-47(40)57-49(42)43/h3-33H,1-2H3/b4-3-,41-19-,48-36-. The molecule has 0 amide bonds. The lowest BCUT2D eigenvalue weighted by molar-refractivity contribution is 0.669. The van der Waals surface area contributed by atoms with Gasteiger partial charge in [0.25, 0.3) is 0 Å². The van der Waals surface area contributed by atoms with Crippen LogP contribution in [0.15, 0.2) is 198 Å². The Morgan fingerprint density at radius 3 is 1.89 bits per heavy atom. The van der Waals surface area contributed by atoms with Crippen LogP contribution in [0.4, 0.5) is 0 Å². The molecule has 3 aliphatic rings. The number of nitrogens with zero attached hydrogens (tertiary/aromatic N) is 3. The Hall–Kier alpha value is -7.17. The molecule has 1 spiro atoms. The fourth-order valence-electron chi connectivity index (χ4n) is 9.52. The lowest BCUT2D eigenvalue weighted by Gasteiger charge is -2.34. The zero-order chi connectivity index (χ0) is 38.1. The first-order chi connectivity index (χ1) is 28.1. The minimum atomic E-state index is -0.470. The van der Waals surface area contributed by atoms with Crippen molar-refractivity contribution in [3.05, 3.63) is 221 Å². The average Bonchev–Trinajstić information content (AvgIpc) is 3.90. The van der Waals surface area contributed by atoms with Crippen LogP contribution in [0.1, 0.15) is 41.9 Å². The largest absolute Gasteiger partial charge is 0.455 e. The van der Waals surface area contributed by atoms with E-state index < -0.39 is 5.41 Å². The summed E-state index contributed by atoms with van der Waals surface area (Å²) >= 11 is 0. The van der Waals surface area contributed by atoms with Crippen molar-refractivity contribution in [1.29, 1.82) is 0 Å². The normalized spacial score (nSPS) is 18.5. The first kappa shape index (κ1) is 33.2. The average molecular weight is 732 g/mol. The number of para-hydroxylation sites is 2. The van der Waals surface area contributed by atoms with E-state index in [2.05, 4.69) is 141 Å². The molecule has 2 heterocycles. The summed E-state index contributed by atoms with van der Waals surface area (Å²) in [6.45, 7) is 4.39. The smallest absolute Gasteiger partial charge is 0.167 e. The number of rotatable bonds is 4. The summed E-state index contributed by atoms with van der Waals surface area (Å²) in [6.07, 6.45) is 13.5. The molecular weight excluding hydrogens is 695 g/mol. The Bertz CT molecular complexity index is 3060. The van der Waals surface area contributed by atoms with E-state index in [1.54, 1.807) is 0 Å². The van der Waals surface area contributed by atoms with Crippen molar-refractivity contribution in [3.63, 3.8) is 0 Å². The van der Waals surface area contributed by atoms with Gasteiger partial charge in [-0.3, -0.25) is 0 Å². The van der Waals surface area contributed by atoms with Crippen LogP contribution in [0.25, 0.3) is 67.0 Å². The monoisotopic (exact) mass is 731 g/mol. The van der Waals surface area contributed by atoms with Crippen LogP contribution in [-0.2, 0) is 5.41 Å². The second-order valence-electron chi connectivity index (χ2n) is 15.0. The van der Waals surface area contributed by atoms with Crippen LogP contribution in [0.3, 0.4) is 0 Å². The van der Waals surface area contributed by atoms with Crippen molar-refractivity contribution in [2.45, 2.75) is 19.3 Å². The molecule has 4 nitrogen and oxygen atoms in total. The van der Waals surface area contributed by atoms with Gasteiger partial charge in [-0.25, -0.2) is 15.0 Å². The van der Waals surface area contributed by atoms with Crippen molar-refractivity contribution in [1.82, 2.24) is 15.0 Å². The molecule has 8 aromatic rings. The van der Waals surface area contributed by atoms with Crippen molar-refractivity contribution < 1.29 is 4.42 Å². The van der Waals surface area contributed by atoms with Gasteiger partial charge in [-0.05, 0) is 69.2 Å². The molecule has 2 aromatic heterocycles. The zero-order valence-electron chi connectivity index (χ0n) is 31.6. The zero-order valence-corrected chi connectivity index (χ0v) is 31.6. The minimum Gasteiger partial charge on any atom is -0.455 e. The minimum absolute atomic E-state index is 0.0410. The quantitative estimate of drug-likeness (QED) is 0.181. The molecule has 11 rings (SSSR count). The first-order valence-electron chi connectivity index (χ1n) is 19.6. The van der Waals surface area contributed by atoms with Gasteiger partial charge in [0.1, 0.15) is 11.2 Å². The SMILES string of the molecule is C\C=C/C=C1\C(=C2/C=CC(c3nc(-c4ccccc4)nc(-c4cccc5c4oc4ccccc45)n3)=CC2C)C2(c3ccccc31)c1ccccc1-c1ccccc12. The van der Waals surface area contributed by atoms with E-state index in [0.717, 1.165) is 38.6 Å². The number of hydrogen-bond acceptors (Lipinski definition) is 4. The fraction of sp³-hybridized carbons (Fsp3) is 0.0755. The van der Waals surface area contributed by atoms with Crippen molar-refractivity contribution in [2.24, 2.45) is 5.92 Å². The molecule has 270 valence electrons. The lowest BCUT2D eigenvalue weighted by atomic mass is 9.67. The molecule has 57 heavy (non-hydrogen) atoms. The Balaban J connectivity index is 1.12. The van der Waals surface area contributed by atoms with Gasteiger partial charge in [-0.15, -0.1) is 0 Å². The highest BCUT2D eigenvalue weighted by molar-refractivity contribution is 6.09. The summed E-state index contributed by atoms with van der Waals surface area (Å²) in [5.41, 5.74) is 15.6. The van der Waals surface area contributed by atoms with Gasteiger partial charge in [0.15, 0.2) is 17.5 Å². The van der Waals surface area contributed by atoms with Crippen LogP contribution in [0, 0.1) is 5.92 Å². The van der Waals surface area contributed by atoms with E-state index in [0.29, 0.717) is 17.5 Å². The van der Waals surface area contributed by atoms with E-state index in [-0.39, 0.29) is 5.92 Å². The summed E-state index contributed by atoms with van der Waals surface area (Å²) < 4.78 is 6.47. The Kier molecular flexibility index (Phi) is 7.55. The first-order valence-corrected chi connectivity index (χ1v) is 19.6. The van der Waals surface area contributed by atoms with Gasteiger partial charge in [-0.2, -0.15) is 0 Å². The summed E-state index contributed by atoms with van der Waals surface area (Å²) in [5.74, 6) is 1.87. The van der Waals surface area contributed by atoms with Crippen molar-refractivity contribution >= 4 is 33.1 Å². The number of aromatic nitrogens is 3. The third kappa shape index (κ3) is 4.90. The van der Waals surface area contributed by atoms with Gasteiger partial charge >= 0.3 is 0 Å². The number of furan rings is 1. The van der Waals surface area contributed by atoms with E-state index in [1.807, 2.05) is 54.6 Å². The van der Waals surface area contributed by atoms with Gasteiger partial charge in [0.05, 0.1) is 11.0 Å². The predicted octanol–water partition coefficient (Wildman–Crippen LogP) is 13.0. The number of hydrogen-bond donors (Lipinski definition) is 0. The van der Waals surface area contributed by atoms with E-state index >= 15 is 0 Å². The third-order valence-corrected chi connectivity index (χ3v) is 11.9. The number of fused-ring (bicyclic) bond motifs is 10. The summed E-state index contributed by atoms with van der Waals surface area (Å²) in [7, 11) is 0. The third-order valence-electron chi connectivity index (χ3n) is 11.9. The van der Waals surface area contributed by atoms with E-state index in [1.165, 1.54) is 50.1 Å². The van der Waals surface area contributed by atoms with Crippen LogP contribution >= 0.6 is 0 Å². The summed E-state index contributed by atoms with van der Waals surface area (Å²) in [5, 5.41) is 2.11. The van der Waals surface area contributed by atoms with Gasteiger partial charge in [0, 0.05) is 27.8 Å². The molecular formula is C53H37N3O. The molecule has 0 fully saturated rings. The van der Waals surface area contributed by atoms with Crippen molar-refractivity contribution in [2.75, 3.05) is 0 Å². The summed E-state index contributed by atoms with van der Waals surface area (Å²) in [6, 6.07) is 51.5. The van der Waals surface area contributed by atoms with Gasteiger partial charge < -0.3 is 4.42 Å². The highest BCUT2D eigenvalue weighted by Gasteiger charge is 2.54. The molecule has 0 radical (unpaired) electrons. The van der Waals surface area contributed by atoms with Crippen molar-refractivity contribution in [3.8, 4) is 33.9 Å².